The van der Waals surface area contributed by atoms with Crippen molar-refractivity contribution in [2.75, 3.05) is 0 Å². The highest BCUT2D eigenvalue weighted by molar-refractivity contribution is 6.85. The summed E-state index contributed by atoms with van der Waals surface area (Å²) in [5, 5.41) is 0. The van der Waals surface area contributed by atoms with Gasteiger partial charge >= 0.3 is 17.1 Å². The molecule has 104 valence electrons. The van der Waals surface area contributed by atoms with Gasteiger partial charge in [0.2, 0.25) is 0 Å². The van der Waals surface area contributed by atoms with Gasteiger partial charge in [-0.1, -0.05) is 13.8 Å². The first-order valence-electron chi connectivity index (χ1n) is 6.72. The second kappa shape index (κ2) is 7.36. The van der Waals surface area contributed by atoms with Crippen molar-refractivity contribution in [1.82, 2.24) is 0 Å². The second-order valence-corrected chi connectivity index (χ2v) is 18.3. The molecule has 0 saturated carbocycles. The molecule has 0 rings (SSSR count). The Hall–Kier alpha value is 0.748. The van der Waals surface area contributed by atoms with Crippen molar-refractivity contribution in [2.24, 2.45) is 0 Å². The average molecular weight is 311 g/mol. The van der Waals surface area contributed by atoms with E-state index in [1.807, 2.05) is 0 Å². The van der Waals surface area contributed by atoms with E-state index < -0.39 is 35.2 Å². The van der Waals surface area contributed by atoms with Crippen LogP contribution in [0.25, 0.3) is 0 Å². The molecular weight excluding hydrogens is 280 g/mol. The highest BCUT2D eigenvalue weighted by Crippen LogP contribution is 2.24. The van der Waals surface area contributed by atoms with Gasteiger partial charge in [-0.3, -0.25) is 0 Å². The van der Waals surface area contributed by atoms with Crippen LogP contribution < -0.4 is 0 Å². The maximum absolute atomic E-state index is 6.45. The molecule has 0 N–H and O–H groups in total. The van der Waals surface area contributed by atoms with Crippen molar-refractivity contribution < 1.29 is 12.3 Å². The van der Waals surface area contributed by atoms with Crippen molar-refractivity contribution in [3.63, 3.8) is 0 Å². The molecule has 0 aromatic carbocycles. The van der Waals surface area contributed by atoms with Crippen molar-refractivity contribution >= 4 is 35.2 Å². The Kier molecular flexibility index (Phi) is 7.69. The van der Waals surface area contributed by atoms with Gasteiger partial charge in [0.1, 0.15) is 0 Å². The van der Waals surface area contributed by atoms with Crippen LogP contribution >= 0.6 is 0 Å². The summed E-state index contributed by atoms with van der Waals surface area (Å²) in [7, 11) is -6.05. The van der Waals surface area contributed by atoms with Gasteiger partial charge in [-0.25, -0.2) is 0 Å². The van der Waals surface area contributed by atoms with E-state index in [1.165, 1.54) is 0 Å². The first-order valence-corrected chi connectivity index (χ1v) is 17.3. The Labute approximate surface area is 113 Å². The van der Waals surface area contributed by atoms with E-state index in [0.717, 1.165) is 12.1 Å². The largest absolute Gasteiger partial charge is 0.439 e. The monoisotopic (exact) mass is 310 g/mol. The van der Waals surface area contributed by atoms with Gasteiger partial charge in [0, 0.05) is 0 Å². The lowest BCUT2D eigenvalue weighted by atomic mass is 11.0. The molecule has 0 radical (unpaired) electrons. The van der Waals surface area contributed by atoms with Crippen LogP contribution in [-0.2, 0) is 12.3 Å². The van der Waals surface area contributed by atoms with E-state index in [1.54, 1.807) is 0 Å². The minimum absolute atomic E-state index is 1.02. The third-order valence-electron chi connectivity index (χ3n) is 2.69. The van der Waals surface area contributed by atoms with Crippen LogP contribution in [0.1, 0.15) is 13.8 Å². The lowest BCUT2D eigenvalue weighted by Crippen LogP contribution is -2.54. The fraction of sp³-hybridized carbons (Fsp3) is 1.00. The van der Waals surface area contributed by atoms with Crippen LogP contribution in [0.4, 0.5) is 0 Å². The van der Waals surface area contributed by atoms with Crippen LogP contribution in [0.3, 0.4) is 0 Å². The molecule has 0 fully saturated rings. The molecule has 0 aromatic heterocycles. The van der Waals surface area contributed by atoms with Crippen LogP contribution in [0, 0.1) is 0 Å². The van der Waals surface area contributed by atoms with E-state index >= 15 is 0 Å². The molecule has 0 amide bonds. The van der Waals surface area contributed by atoms with Gasteiger partial charge in [-0.15, -0.1) is 0 Å². The van der Waals surface area contributed by atoms with Crippen LogP contribution in [-0.4, -0.2) is 35.2 Å². The summed E-state index contributed by atoms with van der Waals surface area (Å²) in [4.78, 5) is 0. The number of hydrogen-bond acceptors (Lipinski definition) is 3. The first-order chi connectivity index (χ1) is 7.66. The Morgan fingerprint density at radius 1 is 0.765 bits per heavy atom. The fourth-order valence-corrected chi connectivity index (χ4v) is 17.2. The summed E-state index contributed by atoms with van der Waals surface area (Å²) in [6, 6.07) is 2.04. The Balaban J connectivity index is 4.70. The Bertz CT molecular complexity index is 206. The number of rotatable bonds is 8. The molecule has 2 atom stereocenters. The van der Waals surface area contributed by atoms with Crippen molar-refractivity contribution in [3.05, 3.63) is 0 Å². The highest BCUT2D eigenvalue weighted by atomic mass is 28.5. The second-order valence-electron chi connectivity index (χ2n) is 5.41. The maximum Gasteiger partial charge on any atom is 0.315 e. The summed E-state index contributed by atoms with van der Waals surface area (Å²) < 4.78 is 18.8. The minimum atomic E-state index is -1.99. The standard InChI is InChI=1S/C10H30O3Si4/c1-9-16(7,11-14(3)4)13-17(8,10-2)12-15(5)6/h14-15H,9-10H2,1-8H3. The molecule has 0 bridgehead atoms. The highest BCUT2D eigenvalue weighted by Gasteiger charge is 2.41. The van der Waals surface area contributed by atoms with Crippen molar-refractivity contribution in [2.45, 2.75) is 65.2 Å². The molecule has 7 heteroatoms. The summed E-state index contributed by atoms with van der Waals surface area (Å²) in [6.07, 6.45) is 0. The minimum Gasteiger partial charge on any atom is -0.439 e. The molecule has 2 unspecified atom stereocenters. The van der Waals surface area contributed by atoms with E-state index in [9.17, 15) is 0 Å². The fourth-order valence-electron chi connectivity index (χ4n) is 1.81. The zero-order valence-corrected chi connectivity index (χ0v) is 17.1. The molecule has 0 aliphatic heterocycles. The quantitative estimate of drug-likeness (QED) is 0.644. The van der Waals surface area contributed by atoms with Crippen LogP contribution in [0.2, 0.25) is 51.4 Å². The van der Waals surface area contributed by atoms with Gasteiger partial charge in [0.25, 0.3) is 0 Å². The average Bonchev–Trinajstić information content (AvgIpc) is 2.15. The zero-order valence-electron chi connectivity index (χ0n) is 12.8. The summed E-state index contributed by atoms with van der Waals surface area (Å²) in [5.74, 6) is 0. The summed E-state index contributed by atoms with van der Waals surface area (Å²) >= 11 is 0. The van der Waals surface area contributed by atoms with Gasteiger partial charge < -0.3 is 12.3 Å². The zero-order chi connectivity index (χ0) is 13.7. The molecule has 0 aromatic rings. The van der Waals surface area contributed by atoms with Crippen molar-refractivity contribution in [3.8, 4) is 0 Å². The predicted molar refractivity (Wildman–Crippen MR) is 85.2 cm³/mol. The van der Waals surface area contributed by atoms with Gasteiger partial charge in [-0.2, -0.15) is 0 Å². The molecule has 0 aliphatic rings. The van der Waals surface area contributed by atoms with E-state index in [0.29, 0.717) is 0 Å². The van der Waals surface area contributed by atoms with E-state index in [4.69, 9.17) is 12.3 Å². The Morgan fingerprint density at radius 2 is 1.06 bits per heavy atom. The van der Waals surface area contributed by atoms with Crippen LogP contribution in [0.5, 0.6) is 0 Å². The third kappa shape index (κ3) is 7.04. The van der Waals surface area contributed by atoms with Crippen molar-refractivity contribution in [1.29, 1.82) is 0 Å². The lowest BCUT2D eigenvalue weighted by molar-refractivity contribution is 0.328. The van der Waals surface area contributed by atoms with Crippen LogP contribution in [0.15, 0.2) is 0 Å². The smallest absolute Gasteiger partial charge is 0.315 e. The van der Waals surface area contributed by atoms with Gasteiger partial charge in [0.15, 0.2) is 18.1 Å². The molecule has 3 nitrogen and oxygen atoms in total. The number of hydrogen-bond donors (Lipinski definition) is 0. The van der Waals surface area contributed by atoms with E-state index in [2.05, 4.69) is 53.1 Å². The SMILES string of the molecule is CC[Si](C)(O[SiH](C)C)O[Si](C)(CC)O[SiH](C)C. The summed E-state index contributed by atoms with van der Waals surface area (Å²) in [5.41, 5.74) is 0. The summed E-state index contributed by atoms with van der Waals surface area (Å²) in [6.45, 7) is 17.6. The first kappa shape index (κ1) is 17.7. The molecule has 0 spiro atoms. The molecule has 0 aliphatic carbocycles. The van der Waals surface area contributed by atoms with Gasteiger partial charge in [-0.05, 0) is 51.4 Å². The van der Waals surface area contributed by atoms with E-state index in [-0.39, 0.29) is 0 Å². The third-order valence-corrected chi connectivity index (χ3v) is 16.5. The van der Waals surface area contributed by atoms with Gasteiger partial charge in [0.05, 0.1) is 0 Å². The predicted octanol–water partition coefficient (Wildman–Crippen LogP) is 3.19. The maximum atomic E-state index is 6.45. The molecule has 17 heavy (non-hydrogen) atoms. The lowest BCUT2D eigenvalue weighted by Gasteiger charge is -2.38. The topological polar surface area (TPSA) is 27.7 Å². The molecular formula is C10H30O3Si4. The Morgan fingerprint density at radius 3 is 1.24 bits per heavy atom. The molecule has 0 saturated heterocycles. The normalized spacial score (nSPS) is 19.4. The molecule has 0 heterocycles.